The zero-order chi connectivity index (χ0) is 23.9. The van der Waals surface area contributed by atoms with Gasteiger partial charge in [0.25, 0.3) is 0 Å². The summed E-state index contributed by atoms with van der Waals surface area (Å²) in [6, 6.07) is 11.2. The van der Waals surface area contributed by atoms with Gasteiger partial charge in [0.05, 0.1) is 18.8 Å². The lowest BCUT2D eigenvalue weighted by Gasteiger charge is -2.28. The Morgan fingerprint density at radius 3 is 1.91 bits per heavy atom. The molecule has 174 valence electrons. The molecule has 0 aliphatic heterocycles. The first-order valence-corrected chi connectivity index (χ1v) is 11.5. The summed E-state index contributed by atoms with van der Waals surface area (Å²) in [5.74, 6) is 2.28. The number of carbonyl (C=O) groups is 1. The van der Waals surface area contributed by atoms with Crippen molar-refractivity contribution in [2.24, 2.45) is 0 Å². The largest absolute Gasteiger partial charge is 0.494 e. The van der Waals surface area contributed by atoms with Crippen LogP contribution < -0.4 is 14.2 Å². The summed E-state index contributed by atoms with van der Waals surface area (Å²) in [6.45, 7) is 17.2. The second-order valence-corrected chi connectivity index (χ2v) is 9.55. The third-order valence-electron chi connectivity index (χ3n) is 4.60. The molecule has 0 spiro atoms. The van der Waals surface area contributed by atoms with Crippen molar-refractivity contribution in [3.05, 3.63) is 59.2 Å². The highest BCUT2D eigenvalue weighted by Gasteiger charge is 2.26. The normalized spacial score (nSPS) is 11.9. The first kappa shape index (κ1) is 25.5. The summed E-state index contributed by atoms with van der Waals surface area (Å²) in [7, 11) is 0. The van der Waals surface area contributed by atoms with Crippen molar-refractivity contribution >= 4 is 11.9 Å². The monoisotopic (exact) mass is 438 g/mol. The molecule has 4 heteroatoms. The van der Waals surface area contributed by atoms with E-state index >= 15 is 0 Å². The number of ketones is 1. The molecule has 0 saturated heterocycles. The fourth-order valence-electron chi connectivity index (χ4n) is 3.34. The van der Waals surface area contributed by atoms with E-state index in [0.29, 0.717) is 12.2 Å². The van der Waals surface area contributed by atoms with Crippen LogP contribution in [-0.2, 0) is 5.41 Å². The van der Waals surface area contributed by atoms with Gasteiger partial charge >= 0.3 is 0 Å². The van der Waals surface area contributed by atoms with E-state index in [4.69, 9.17) is 14.2 Å². The molecule has 0 heterocycles. The van der Waals surface area contributed by atoms with Gasteiger partial charge in [0.15, 0.2) is 5.78 Å². The van der Waals surface area contributed by atoms with Crippen molar-refractivity contribution in [3.63, 3.8) is 0 Å². The maximum Gasteiger partial charge on any atom is 0.185 e. The fraction of sp³-hybridized carbons (Fsp3) is 0.464. The Balaban J connectivity index is 2.37. The maximum absolute atomic E-state index is 12.7. The summed E-state index contributed by atoms with van der Waals surface area (Å²) < 4.78 is 17.9. The van der Waals surface area contributed by atoms with Crippen LogP contribution in [0.4, 0.5) is 0 Å². The summed E-state index contributed by atoms with van der Waals surface area (Å²) in [5.41, 5.74) is 2.36. The molecule has 0 saturated carbocycles. The topological polar surface area (TPSA) is 44.8 Å². The van der Waals surface area contributed by atoms with E-state index in [-0.39, 0.29) is 23.4 Å². The summed E-state index contributed by atoms with van der Waals surface area (Å²) >= 11 is 0. The Morgan fingerprint density at radius 2 is 1.47 bits per heavy atom. The van der Waals surface area contributed by atoms with Crippen molar-refractivity contribution < 1.29 is 19.0 Å². The molecular formula is C28H38O4. The van der Waals surface area contributed by atoms with Gasteiger partial charge in [0, 0.05) is 11.1 Å². The number of rotatable bonds is 10. The molecule has 2 aromatic rings. The van der Waals surface area contributed by atoms with E-state index < -0.39 is 0 Å². The molecule has 0 aromatic heterocycles. The lowest BCUT2D eigenvalue weighted by atomic mass is 9.84. The van der Waals surface area contributed by atoms with Gasteiger partial charge in [-0.3, -0.25) is 4.79 Å². The van der Waals surface area contributed by atoms with Crippen molar-refractivity contribution in [1.82, 2.24) is 0 Å². The van der Waals surface area contributed by atoms with Gasteiger partial charge in [-0.25, -0.2) is 0 Å². The van der Waals surface area contributed by atoms with Crippen LogP contribution in [0.25, 0.3) is 6.08 Å². The van der Waals surface area contributed by atoms with Crippen molar-refractivity contribution in [2.75, 3.05) is 6.61 Å². The summed E-state index contributed by atoms with van der Waals surface area (Å²) in [4.78, 5) is 12.7. The molecule has 2 aromatic carbocycles. The number of hydrogen-bond donors (Lipinski definition) is 0. The van der Waals surface area contributed by atoms with Crippen LogP contribution in [0.3, 0.4) is 0 Å². The van der Waals surface area contributed by atoms with Gasteiger partial charge in [-0.15, -0.1) is 0 Å². The van der Waals surface area contributed by atoms with Gasteiger partial charge in [-0.1, -0.05) is 33.8 Å². The first-order chi connectivity index (χ1) is 15.0. The highest BCUT2D eigenvalue weighted by atomic mass is 16.5. The number of allylic oxidation sites excluding steroid dienone is 1. The number of ether oxygens (including phenoxy) is 3. The zero-order valence-corrected chi connectivity index (χ0v) is 20.8. The predicted octanol–water partition coefficient (Wildman–Crippen LogP) is 7.24. The smallest absolute Gasteiger partial charge is 0.185 e. The van der Waals surface area contributed by atoms with Crippen LogP contribution in [0.1, 0.15) is 83.3 Å². The van der Waals surface area contributed by atoms with Gasteiger partial charge in [-0.05, 0) is 87.6 Å². The minimum absolute atomic E-state index is 0.0253. The molecule has 0 amide bonds. The molecule has 0 atom stereocenters. The van der Waals surface area contributed by atoms with E-state index in [9.17, 15) is 4.79 Å². The highest BCUT2D eigenvalue weighted by Crippen LogP contribution is 2.41. The summed E-state index contributed by atoms with van der Waals surface area (Å²) in [5, 5.41) is 0. The predicted molar refractivity (Wildman–Crippen MR) is 132 cm³/mol. The van der Waals surface area contributed by atoms with Gasteiger partial charge in [-0.2, -0.15) is 0 Å². The van der Waals surface area contributed by atoms with E-state index in [1.165, 1.54) is 0 Å². The molecule has 32 heavy (non-hydrogen) atoms. The molecule has 0 aliphatic carbocycles. The molecule has 0 N–H and O–H groups in total. The Kier molecular flexibility index (Phi) is 8.94. The zero-order valence-electron chi connectivity index (χ0n) is 20.8. The Labute approximate surface area is 193 Å². The molecule has 0 aliphatic rings. The molecule has 0 bridgehead atoms. The first-order valence-electron chi connectivity index (χ1n) is 11.5. The standard InChI is InChI=1S/C28H38O4/c1-9-16-30-23-13-11-22(12-14-23)24(29)15-10-21-17-25(31-19(2)3)27(28(6,7)8)26(18-21)32-20(4)5/h10-15,17-20H,9,16H2,1-8H3. The molecular weight excluding hydrogens is 400 g/mol. The van der Waals surface area contributed by atoms with E-state index in [1.807, 2.05) is 58.0 Å². The van der Waals surface area contributed by atoms with Gasteiger partial charge in [0.2, 0.25) is 0 Å². The maximum atomic E-state index is 12.7. The minimum Gasteiger partial charge on any atom is -0.494 e. The third kappa shape index (κ3) is 7.44. The Bertz CT molecular complexity index is 884. The second kappa shape index (κ2) is 11.2. The van der Waals surface area contributed by atoms with Crippen molar-refractivity contribution in [2.45, 2.75) is 79.4 Å². The lowest BCUT2D eigenvalue weighted by Crippen LogP contribution is -2.19. The van der Waals surface area contributed by atoms with Crippen LogP contribution >= 0.6 is 0 Å². The van der Waals surface area contributed by atoms with E-state index in [2.05, 4.69) is 27.7 Å². The van der Waals surface area contributed by atoms with Crippen LogP contribution in [0.15, 0.2) is 42.5 Å². The number of carbonyl (C=O) groups excluding carboxylic acids is 1. The second-order valence-electron chi connectivity index (χ2n) is 9.55. The third-order valence-corrected chi connectivity index (χ3v) is 4.60. The van der Waals surface area contributed by atoms with Crippen molar-refractivity contribution in [3.8, 4) is 17.2 Å². The highest BCUT2D eigenvalue weighted by molar-refractivity contribution is 6.06. The van der Waals surface area contributed by atoms with Gasteiger partial charge in [0.1, 0.15) is 17.2 Å². The molecule has 0 radical (unpaired) electrons. The lowest BCUT2D eigenvalue weighted by molar-refractivity contribution is 0.104. The minimum atomic E-state index is -0.159. The van der Waals surface area contributed by atoms with Crippen LogP contribution in [-0.4, -0.2) is 24.6 Å². The average molecular weight is 439 g/mol. The summed E-state index contributed by atoms with van der Waals surface area (Å²) in [6.07, 6.45) is 4.40. The Morgan fingerprint density at radius 1 is 0.938 bits per heavy atom. The van der Waals surface area contributed by atoms with Crippen LogP contribution in [0.2, 0.25) is 0 Å². The molecule has 0 unspecified atom stereocenters. The fourth-order valence-corrected chi connectivity index (χ4v) is 3.34. The number of benzene rings is 2. The molecule has 2 rings (SSSR count). The number of hydrogen-bond acceptors (Lipinski definition) is 4. The van der Waals surface area contributed by atoms with Gasteiger partial charge < -0.3 is 14.2 Å². The van der Waals surface area contributed by atoms with E-state index in [1.54, 1.807) is 18.2 Å². The van der Waals surface area contributed by atoms with Crippen molar-refractivity contribution in [1.29, 1.82) is 0 Å². The SMILES string of the molecule is CCCOc1ccc(C(=O)C=Cc2cc(OC(C)C)c(C(C)(C)C)c(OC(C)C)c2)cc1. The van der Waals surface area contributed by atoms with Crippen LogP contribution in [0.5, 0.6) is 17.2 Å². The van der Waals surface area contributed by atoms with Crippen LogP contribution in [0, 0.1) is 0 Å². The molecule has 4 nitrogen and oxygen atoms in total. The van der Waals surface area contributed by atoms with E-state index in [0.717, 1.165) is 34.8 Å². The Hall–Kier alpha value is -2.75. The quantitative estimate of drug-likeness (QED) is 0.290. The molecule has 0 fully saturated rings. The average Bonchev–Trinajstić information content (AvgIpc) is 2.68.